The number of pyridine rings is 1. The van der Waals surface area contributed by atoms with Crippen molar-refractivity contribution in [3.63, 3.8) is 0 Å². The number of hydrogen-bond donors (Lipinski definition) is 2. The van der Waals surface area contributed by atoms with Crippen molar-refractivity contribution in [1.82, 2.24) is 15.6 Å². The van der Waals surface area contributed by atoms with Crippen LogP contribution >= 0.6 is 11.6 Å². The molecule has 0 fully saturated rings. The molecule has 2 aromatic carbocycles. The second-order valence-electron chi connectivity index (χ2n) is 6.21. The molecule has 1 heterocycles. The van der Waals surface area contributed by atoms with Gasteiger partial charge >= 0.3 is 12.0 Å². The van der Waals surface area contributed by atoms with Crippen molar-refractivity contribution in [2.75, 3.05) is 0 Å². The second kappa shape index (κ2) is 9.16. The number of para-hydroxylation sites is 1. The first-order valence-electron chi connectivity index (χ1n) is 8.83. The van der Waals surface area contributed by atoms with Crippen molar-refractivity contribution < 1.29 is 19.1 Å². The summed E-state index contributed by atoms with van der Waals surface area (Å²) in [6, 6.07) is 16.9. The highest BCUT2D eigenvalue weighted by molar-refractivity contribution is 6.30. The average molecular weight is 412 g/mol. The Morgan fingerprint density at radius 2 is 1.76 bits per heavy atom. The maximum Gasteiger partial charge on any atom is 0.339 e. The Morgan fingerprint density at radius 1 is 1.07 bits per heavy atom. The molecule has 3 amide bonds. The monoisotopic (exact) mass is 411 g/mol. The summed E-state index contributed by atoms with van der Waals surface area (Å²) in [5.41, 5.74) is 1.61. The molecule has 0 spiro atoms. The van der Waals surface area contributed by atoms with E-state index in [1.807, 2.05) is 30.3 Å². The van der Waals surface area contributed by atoms with Crippen LogP contribution in [0.3, 0.4) is 0 Å². The molecule has 0 saturated carbocycles. The van der Waals surface area contributed by atoms with Gasteiger partial charge in [0.05, 0.1) is 11.1 Å². The summed E-state index contributed by atoms with van der Waals surface area (Å²) in [5.74, 6) is -1.48. The van der Waals surface area contributed by atoms with Crippen molar-refractivity contribution in [3.05, 3.63) is 76.9 Å². The summed E-state index contributed by atoms with van der Waals surface area (Å²) in [6.45, 7) is 1.64. The molecule has 0 radical (unpaired) electrons. The molecule has 3 aromatic rings. The molecule has 0 aliphatic heterocycles. The topological polar surface area (TPSA) is 97.4 Å². The number of hydrogen-bond acceptors (Lipinski definition) is 5. The third kappa shape index (κ3) is 5.30. The lowest BCUT2D eigenvalue weighted by atomic mass is 10.1. The largest absolute Gasteiger partial charge is 0.449 e. The minimum Gasteiger partial charge on any atom is -0.449 e. The highest BCUT2D eigenvalue weighted by Crippen LogP contribution is 2.22. The molecular formula is C21H18ClN3O4. The number of benzene rings is 2. The number of nitrogens with zero attached hydrogens (tertiary/aromatic N) is 1. The lowest BCUT2D eigenvalue weighted by molar-refractivity contribution is -0.127. The van der Waals surface area contributed by atoms with E-state index in [0.717, 1.165) is 5.56 Å². The van der Waals surface area contributed by atoms with E-state index in [9.17, 15) is 14.4 Å². The maximum atomic E-state index is 12.5. The van der Waals surface area contributed by atoms with Gasteiger partial charge in [-0.3, -0.25) is 10.1 Å². The van der Waals surface area contributed by atoms with Gasteiger partial charge in [-0.2, -0.15) is 0 Å². The third-order valence-electron chi connectivity index (χ3n) is 4.09. The quantitative estimate of drug-likeness (QED) is 0.495. The molecule has 148 valence electrons. The number of ether oxygens (including phenoxy) is 1. The van der Waals surface area contributed by atoms with E-state index in [2.05, 4.69) is 15.6 Å². The maximum absolute atomic E-state index is 12.5. The highest BCUT2D eigenvalue weighted by Gasteiger charge is 2.22. The standard InChI is InChI=1S/C21H18ClN3O4/c1-13(19(26)25-21(28)23-12-14-7-3-2-4-8-14)29-20(27)16-11-18(22)24-17-10-6-5-9-15(16)17/h2-11,13H,12H2,1H3,(H2,23,25,26,28)/t13-/m1/s1. The van der Waals surface area contributed by atoms with E-state index in [1.165, 1.54) is 13.0 Å². The number of rotatable bonds is 5. The molecule has 0 aliphatic carbocycles. The molecule has 29 heavy (non-hydrogen) atoms. The van der Waals surface area contributed by atoms with Gasteiger partial charge in [-0.15, -0.1) is 0 Å². The van der Waals surface area contributed by atoms with Crippen molar-refractivity contribution in [1.29, 1.82) is 0 Å². The van der Waals surface area contributed by atoms with Gasteiger partial charge in [-0.1, -0.05) is 60.1 Å². The SMILES string of the molecule is C[C@@H](OC(=O)c1cc(Cl)nc2ccccc12)C(=O)NC(=O)NCc1ccccc1. The number of imide groups is 1. The van der Waals surface area contributed by atoms with Crippen molar-refractivity contribution in [2.24, 2.45) is 0 Å². The molecular weight excluding hydrogens is 394 g/mol. The van der Waals surface area contributed by atoms with Crippen LogP contribution in [0.1, 0.15) is 22.8 Å². The van der Waals surface area contributed by atoms with Crippen molar-refractivity contribution in [2.45, 2.75) is 19.6 Å². The van der Waals surface area contributed by atoms with E-state index in [-0.39, 0.29) is 17.3 Å². The molecule has 0 unspecified atom stereocenters. The molecule has 2 N–H and O–H groups in total. The first-order valence-corrected chi connectivity index (χ1v) is 9.20. The number of aromatic nitrogens is 1. The zero-order valence-corrected chi connectivity index (χ0v) is 16.3. The Bertz CT molecular complexity index is 1060. The van der Waals surface area contributed by atoms with Gasteiger partial charge in [0.25, 0.3) is 5.91 Å². The van der Waals surface area contributed by atoms with Crippen LogP contribution in [0.15, 0.2) is 60.7 Å². The van der Waals surface area contributed by atoms with Crippen LogP contribution in [0.2, 0.25) is 5.15 Å². The van der Waals surface area contributed by atoms with Gasteiger partial charge in [-0.05, 0) is 24.6 Å². The van der Waals surface area contributed by atoms with Crippen LogP contribution < -0.4 is 10.6 Å². The lowest BCUT2D eigenvalue weighted by Crippen LogP contribution is -2.44. The lowest BCUT2D eigenvalue weighted by Gasteiger charge is -2.14. The zero-order chi connectivity index (χ0) is 20.8. The molecule has 7 nitrogen and oxygen atoms in total. The minimum atomic E-state index is -1.18. The number of carbonyl (C=O) groups excluding carboxylic acids is 3. The summed E-state index contributed by atoms with van der Waals surface area (Å²) in [4.78, 5) is 40.7. The van der Waals surface area contributed by atoms with Crippen LogP contribution in [0.4, 0.5) is 4.79 Å². The molecule has 0 aliphatic rings. The Morgan fingerprint density at radius 3 is 2.52 bits per heavy atom. The van der Waals surface area contributed by atoms with Gasteiger partial charge in [0.2, 0.25) is 0 Å². The fourth-order valence-electron chi connectivity index (χ4n) is 2.63. The van der Waals surface area contributed by atoms with Crippen LogP contribution in [-0.2, 0) is 16.1 Å². The van der Waals surface area contributed by atoms with Gasteiger partial charge < -0.3 is 10.1 Å². The summed E-state index contributed by atoms with van der Waals surface area (Å²) in [7, 11) is 0. The van der Waals surface area contributed by atoms with Crippen LogP contribution in [0.25, 0.3) is 10.9 Å². The number of fused-ring (bicyclic) bond motifs is 1. The Kier molecular flexibility index (Phi) is 6.41. The number of halogens is 1. The van der Waals surface area contributed by atoms with Crippen molar-refractivity contribution in [3.8, 4) is 0 Å². The van der Waals surface area contributed by atoms with E-state index in [0.29, 0.717) is 10.9 Å². The number of amides is 3. The van der Waals surface area contributed by atoms with Crippen LogP contribution in [-0.4, -0.2) is 29.0 Å². The van der Waals surface area contributed by atoms with Crippen LogP contribution in [0.5, 0.6) is 0 Å². The number of carbonyl (C=O) groups is 3. The van der Waals surface area contributed by atoms with Gasteiger partial charge in [0.1, 0.15) is 5.15 Å². The van der Waals surface area contributed by atoms with E-state index >= 15 is 0 Å². The number of urea groups is 1. The van der Waals surface area contributed by atoms with E-state index in [4.69, 9.17) is 16.3 Å². The molecule has 1 atom stereocenters. The Hall–Kier alpha value is -3.45. The van der Waals surface area contributed by atoms with Crippen molar-refractivity contribution >= 4 is 40.4 Å². The molecule has 0 bridgehead atoms. The van der Waals surface area contributed by atoms with Crippen LogP contribution in [0, 0.1) is 0 Å². The minimum absolute atomic E-state index is 0.132. The molecule has 3 rings (SSSR count). The van der Waals surface area contributed by atoms with Gasteiger partial charge in [0, 0.05) is 11.9 Å². The molecule has 8 heteroatoms. The number of nitrogens with one attached hydrogen (secondary N) is 2. The molecule has 0 saturated heterocycles. The predicted molar refractivity (Wildman–Crippen MR) is 108 cm³/mol. The summed E-state index contributed by atoms with van der Waals surface area (Å²) in [6.07, 6.45) is -1.18. The third-order valence-corrected chi connectivity index (χ3v) is 4.28. The number of esters is 1. The Labute approximate surface area is 172 Å². The van der Waals surface area contributed by atoms with E-state index < -0.39 is 24.0 Å². The van der Waals surface area contributed by atoms with Gasteiger partial charge in [0.15, 0.2) is 6.10 Å². The Balaban J connectivity index is 1.59. The molecule has 1 aromatic heterocycles. The highest BCUT2D eigenvalue weighted by atomic mass is 35.5. The zero-order valence-electron chi connectivity index (χ0n) is 15.5. The van der Waals surface area contributed by atoms with E-state index in [1.54, 1.807) is 24.3 Å². The summed E-state index contributed by atoms with van der Waals surface area (Å²) < 4.78 is 5.21. The second-order valence-corrected chi connectivity index (χ2v) is 6.60. The summed E-state index contributed by atoms with van der Waals surface area (Å²) >= 11 is 5.97. The normalized spacial score (nSPS) is 11.5. The fourth-order valence-corrected chi connectivity index (χ4v) is 2.83. The first-order chi connectivity index (χ1) is 13.9. The average Bonchev–Trinajstić information content (AvgIpc) is 2.72. The predicted octanol–water partition coefficient (Wildman–Crippen LogP) is 3.46. The first kappa shape index (κ1) is 20.3. The smallest absolute Gasteiger partial charge is 0.339 e. The van der Waals surface area contributed by atoms with Gasteiger partial charge in [-0.25, -0.2) is 14.6 Å². The summed E-state index contributed by atoms with van der Waals surface area (Å²) in [5, 5.41) is 5.40. The fraction of sp³-hybridized carbons (Fsp3) is 0.143.